The van der Waals surface area contributed by atoms with Gasteiger partial charge >= 0.3 is 0 Å². The molecule has 0 bridgehead atoms. The second kappa shape index (κ2) is 5.82. The van der Waals surface area contributed by atoms with Crippen molar-refractivity contribution >= 4 is 16.5 Å². The average Bonchev–Trinajstić information content (AvgIpc) is 3.04. The minimum Gasteiger partial charge on any atom is -0.344 e. The van der Waals surface area contributed by atoms with E-state index in [0.717, 1.165) is 29.6 Å². The van der Waals surface area contributed by atoms with E-state index in [1.807, 2.05) is 26.2 Å². The Kier molecular flexibility index (Phi) is 4.32. The van der Waals surface area contributed by atoms with E-state index in [2.05, 4.69) is 15.2 Å². The number of nitrogens with zero attached hydrogens (tertiary/aromatic N) is 5. The van der Waals surface area contributed by atoms with E-state index < -0.39 is 0 Å². The maximum atomic E-state index is 9.81. The maximum Gasteiger partial charge on any atom is 0.274 e. The van der Waals surface area contributed by atoms with Crippen LogP contribution in [0.3, 0.4) is 0 Å². The van der Waals surface area contributed by atoms with E-state index in [-0.39, 0.29) is 11.6 Å². The van der Waals surface area contributed by atoms with E-state index in [0.29, 0.717) is 0 Å². The van der Waals surface area contributed by atoms with Gasteiger partial charge in [0.15, 0.2) is 11.2 Å². The Bertz CT molecular complexity index is 457. The largest absolute Gasteiger partial charge is 0.344 e. The van der Waals surface area contributed by atoms with Crippen molar-refractivity contribution in [2.24, 2.45) is 5.28 Å². The van der Waals surface area contributed by atoms with Gasteiger partial charge in [0.05, 0.1) is 19.1 Å². The summed E-state index contributed by atoms with van der Waals surface area (Å²) in [5.74, 6) is 0. The SMILES string of the molecule is CN(/[N+](O)=N/O[C@@H]1CCN(c2nccs2)C1)C(C)(C)C. The molecule has 1 N–H and O–H groups in total. The van der Waals surface area contributed by atoms with Crippen LogP contribution in [-0.2, 0) is 4.84 Å². The van der Waals surface area contributed by atoms with Gasteiger partial charge in [-0.25, -0.2) is 10.2 Å². The van der Waals surface area contributed by atoms with E-state index in [1.165, 1.54) is 0 Å². The Balaban J connectivity index is 1.86. The second-order valence-corrected chi connectivity index (χ2v) is 6.69. The molecule has 1 saturated heterocycles. The minimum atomic E-state index is -0.232. The first-order chi connectivity index (χ1) is 9.38. The zero-order chi connectivity index (χ0) is 14.8. The summed E-state index contributed by atoms with van der Waals surface area (Å²) in [5, 5.41) is 18.1. The van der Waals surface area contributed by atoms with Crippen molar-refractivity contribution in [1.82, 2.24) is 9.99 Å². The summed E-state index contributed by atoms with van der Waals surface area (Å²) in [6, 6.07) is 0. The van der Waals surface area contributed by atoms with Gasteiger partial charge in [0, 0.05) is 24.5 Å². The fraction of sp³-hybridized carbons (Fsp3) is 0.750. The average molecular weight is 300 g/mol. The van der Waals surface area contributed by atoms with Crippen molar-refractivity contribution < 1.29 is 15.0 Å². The lowest BCUT2D eigenvalue weighted by molar-refractivity contribution is -0.946. The van der Waals surface area contributed by atoms with E-state index in [1.54, 1.807) is 29.6 Å². The topological polar surface area (TPSA) is 64.2 Å². The van der Waals surface area contributed by atoms with Gasteiger partial charge in [0.25, 0.3) is 10.2 Å². The minimum absolute atomic E-state index is 0.0260. The number of rotatable bonds is 4. The highest BCUT2D eigenvalue weighted by molar-refractivity contribution is 7.13. The van der Waals surface area contributed by atoms with E-state index >= 15 is 0 Å². The highest BCUT2D eigenvalue weighted by Crippen LogP contribution is 2.23. The molecule has 0 spiro atoms. The van der Waals surface area contributed by atoms with Gasteiger partial charge in [-0.15, -0.1) is 16.3 Å². The molecule has 0 radical (unpaired) electrons. The van der Waals surface area contributed by atoms with Crippen molar-refractivity contribution in [3.8, 4) is 0 Å². The third-order valence-electron chi connectivity index (χ3n) is 3.34. The third kappa shape index (κ3) is 3.50. The molecule has 112 valence electrons. The molecule has 8 heteroatoms. The number of hydrogen-bond acceptors (Lipinski definition) is 5. The van der Waals surface area contributed by atoms with Crippen molar-refractivity contribution in [2.45, 2.75) is 38.8 Å². The summed E-state index contributed by atoms with van der Waals surface area (Å²) in [6.45, 7) is 7.57. The van der Waals surface area contributed by atoms with Crippen molar-refractivity contribution in [3.63, 3.8) is 0 Å². The molecule has 0 unspecified atom stereocenters. The van der Waals surface area contributed by atoms with Crippen LogP contribution in [0.2, 0.25) is 0 Å². The second-order valence-electron chi connectivity index (χ2n) is 5.82. The van der Waals surface area contributed by atoms with Gasteiger partial charge in [-0.2, -0.15) is 0 Å². The monoisotopic (exact) mass is 300 g/mol. The third-order valence-corrected chi connectivity index (χ3v) is 4.18. The summed E-state index contributed by atoms with van der Waals surface area (Å²) >= 11 is 1.62. The van der Waals surface area contributed by atoms with Crippen LogP contribution in [-0.4, -0.2) is 51.9 Å². The molecule has 0 saturated carbocycles. The van der Waals surface area contributed by atoms with Crippen LogP contribution >= 0.6 is 11.3 Å². The molecule has 1 aromatic rings. The zero-order valence-electron chi connectivity index (χ0n) is 12.4. The maximum absolute atomic E-state index is 9.81. The Morgan fingerprint density at radius 1 is 1.60 bits per heavy atom. The Morgan fingerprint density at radius 3 is 2.95 bits per heavy atom. The predicted molar refractivity (Wildman–Crippen MR) is 75.8 cm³/mol. The molecular weight excluding hydrogens is 278 g/mol. The normalized spacial score (nSPS) is 20.3. The molecule has 0 aliphatic carbocycles. The van der Waals surface area contributed by atoms with Crippen LogP contribution in [0.15, 0.2) is 16.9 Å². The molecule has 0 amide bonds. The molecule has 7 nitrogen and oxygen atoms in total. The van der Waals surface area contributed by atoms with Crippen LogP contribution in [0.25, 0.3) is 0 Å². The van der Waals surface area contributed by atoms with Gasteiger partial charge in [-0.3, -0.25) is 0 Å². The van der Waals surface area contributed by atoms with Crippen LogP contribution in [0, 0.1) is 0 Å². The highest BCUT2D eigenvalue weighted by Gasteiger charge is 2.30. The molecule has 1 aliphatic heterocycles. The van der Waals surface area contributed by atoms with Gasteiger partial charge in [0.2, 0.25) is 0 Å². The van der Waals surface area contributed by atoms with Crippen molar-refractivity contribution in [3.05, 3.63) is 11.6 Å². The molecule has 1 fully saturated rings. The molecular formula is C12H22N5O2S+. The number of hydrazine groups is 1. The smallest absolute Gasteiger partial charge is 0.274 e. The molecule has 2 heterocycles. The molecule has 0 aromatic carbocycles. The number of anilines is 1. The predicted octanol–water partition coefficient (Wildman–Crippen LogP) is 2.15. The molecule has 2 rings (SSSR count). The standard InChI is InChI=1S/C12H22N5O2S/c1-12(2,3)15(4)17(18)14-19-10-5-7-16(9-10)11-13-6-8-20-11/h6,8,10H,5,7,9H2,1-4H3,(H,14,18)/q+1/t10-/m1/s1. The van der Waals surface area contributed by atoms with Crippen molar-refractivity contribution in [1.29, 1.82) is 0 Å². The molecule has 1 aromatic heterocycles. The lowest BCUT2D eigenvalue weighted by atomic mass is 10.1. The number of thiazole rings is 1. The lowest BCUT2D eigenvalue weighted by Crippen LogP contribution is -2.43. The van der Waals surface area contributed by atoms with E-state index in [4.69, 9.17) is 4.84 Å². The number of aromatic nitrogens is 1. The van der Waals surface area contributed by atoms with Crippen molar-refractivity contribution in [2.75, 3.05) is 25.0 Å². The van der Waals surface area contributed by atoms with Crippen LogP contribution in [0.5, 0.6) is 0 Å². The quantitative estimate of drug-likeness (QED) is 0.524. The summed E-state index contributed by atoms with van der Waals surface area (Å²) in [4.78, 5) is 12.6. The van der Waals surface area contributed by atoms with E-state index in [9.17, 15) is 5.21 Å². The van der Waals surface area contributed by atoms with Crippen LogP contribution in [0.1, 0.15) is 27.2 Å². The Labute approximate surface area is 123 Å². The van der Waals surface area contributed by atoms with Crippen LogP contribution < -0.4 is 4.90 Å². The Hall–Kier alpha value is -1.57. The number of hydrogen-bond donors (Lipinski definition) is 1. The Morgan fingerprint density at radius 2 is 2.35 bits per heavy atom. The first-order valence-corrected chi connectivity index (χ1v) is 7.50. The first-order valence-electron chi connectivity index (χ1n) is 6.62. The summed E-state index contributed by atoms with van der Waals surface area (Å²) in [6.07, 6.45) is 2.64. The lowest BCUT2D eigenvalue weighted by Gasteiger charge is -2.22. The molecule has 1 atom stereocenters. The van der Waals surface area contributed by atoms with Gasteiger partial charge in [0.1, 0.15) is 0 Å². The first kappa shape index (κ1) is 14.8. The highest BCUT2D eigenvalue weighted by atomic mass is 32.1. The van der Waals surface area contributed by atoms with Gasteiger partial charge in [-0.05, 0) is 20.8 Å². The van der Waals surface area contributed by atoms with Gasteiger partial charge < -0.3 is 9.74 Å². The zero-order valence-corrected chi connectivity index (χ0v) is 13.2. The summed E-state index contributed by atoms with van der Waals surface area (Å²) in [5.41, 5.74) is -0.232. The molecule has 20 heavy (non-hydrogen) atoms. The van der Waals surface area contributed by atoms with Gasteiger partial charge in [-0.1, -0.05) is 0 Å². The van der Waals surface area contributed by atoms with Crippen LogP contribution in [0.4, 0.5) is 5.13 Å². The fourth-order valence-electron chi connectivity index (χ4n) is 1.79. The summed E-state index contributed by atoms with van der Waals surface area (Å²) in [7, 11) is 1.75. The fourth-order valence-corrected chi connectivity index (χ4v) is 2.47. The molecule has 1 aliphatic rings. The summed E-state index contributed by atoms with van der Waals surface area (Å²) < 4.78 is 0.